The second-order valence-corrected chi connectivity index (χ2v) is 4.89. The molecule has 1 unspecified atom stereocenters. The summed E-state index contributed by atoms with van der Waals surface area (Å²) in [6.45, 7) is 3.68. The van der Waals surface area contributed by atoms with Crippen LogP contribution in [0.4, 0.5) is 6.01 Å². The number of anilines is 1. The van der Waals surface area contributed by atoms with Crippen LogP contribution in [0.15, 0.2) is 22.6 Å². The number of nitrogens with one attached hydrogen (secondary N) is 1. The summed E-state index contributed by atoms with van der Waals surface area (Å²) in [6.07, 6.45) is 0.812. The van der Waals surface area contributed by atoms with Gasteiger partial charge in [0.1, 0.15) is 13.2 Å². The Bertz CT molecular complexity index is 612. The van der Waals surface area contributed by atoms with Crippen molar-refractivity contribution in [1.82, 2.24) is 10.2 Å². The Morgan fingerprint density at radius 3 is 2.81 bits per heavy atom. The van der Waals surface area contributed by atoms with E-state index >= 15 is 0 Å². The summed E-state index contributed by atoms with van der Waals surface area (Å²) in [5.74, 6) is 2.03. The van der Waals surface area contributed by atoms with Crippen molar-refractivity contribution in [3.8, 4) is 11.5 Å². The minimum atomic E-state index is -0.258. The highest BCUT2D eigenvalue weighted by Gasteiger charge is 2.12. The van der Waals surface area contributed by atoms with E-state index in [1.165, 1.54) is 0 Å². The molecule has 1 aromatic carbocycles. The van der Waals surface area contributed by atoms with Crippen LogP contribution in [0, 0.1) is 0 Å². The molecule has 1 aromatic heterocycles. The quantitative estimate of drug-likeness (QED) is 0.861. The number of hydrogen-bond acceptors (Lipinski definition) is 7. The first kappa shape index (κ1) is 13.7. The summed E-state index contributed by atoms with van der Waals surface area (Å²) in [7, 11) is 0. The Morgan fingerprint density at radius 2 is 2.05 bits per heavy atom. The van der Waals surface area contributed by atoms with Gasteiger partial charge in [-0.25, -0.2) is 0 Å². The van der Waals surface area contributed by atoms with Gasteiger partial charge in [-0.3, -0.25) is 0 Å². The van der Waals surface area contributed by atoms with E-state index in [4.69, 9.17) is 19.6 Å². The second-order valence-electron chi connectivity index (χ2n) is 4.89. The van der Waals surface area contributed by atoms with Crippen molar-refractivity contribution in [2.45, 2.75) is 19.4 Å². The van der Waals surface area contributed by atoms with Crippen LogP contribution in [0.25, 0.3) is 0 Å². The van der Waals surface area contributed by atoms with Crippen molar-refractivity contribution in [3.05, 3.63) is 29.7 Å². The first-order chi connectivity index (χ1) is 10.2. The predicted octanol–water partition coefficient (Wildman–Crippen LogP) is 1.52. The van der Waals surface area contributed by atoms with Crippen molar-refractivity contribution in [2.75, 3.05) is 25.1 Å². The normalized spacial score (nSPS) is 14.8. The zero-order valence-electron chi connectivity index (χ0n) is 11.8. The summed E-state index contributed by atoms with van der Waals surface area (Å²) in [5, 5.41) is 10.8. The first-order valence-corrected chi connectivity index (χ1v) is 6.94. The molecule has 0 amide bonds. The zero-order valence-corrected chi connectivity index (χ0v) is 11.8. The monoisotopic (exact) mass is 290 g/mol. The number of rotatable bonds is 5. The maximum atomic E-state index is 5.66. The van der Waals surface area contributed by atoms with Crippen molar-refractivity contribution < 1.29 is 13.9 Å². The summed E-state index contributed by atoms with van der Waals surface area (Å²) in [5.41, 5.74) is 6.81. The molecular formula is C14H18N4O3. The summed E-state index contributed by atoms with van der Waals surface area (Å²) < 4.78 is 16.4. The van der Waals surface area contributed by atoms with Gasteiger partial charge in [0.05, 0.1) is 6.04 Å². The topological polar surface area (TPSA) is 95.4 Å². The summed E-state index contributed by atoms with van der Waals surface area (Å²) >= 11 is 0. The lowest BCUT2D eigenvalue weighted by Gasteiger charge is -2.18. The number of fused-ring (bicyclic) bond motifs is 1. The summed E-state index contributed by atoms with van der Waals surface area (Å²) in [6, 6.07) is 6.09. The van der Waals surface area contributed by atoms with Gasteiger partial charge in [-0.05, 0) is 31.0 Å². The largest absolute Gasteiger partial charge is 0.486 e. The molecular weight excluding hydrogens is 272 g/mol. The summed E-state index contributed by atoms with van der Waals surface area (Å²) in [4.78, 5) is 0. The van der Waals surface area contributed by atoms with E-state index in [1.807, 2.05) is 18.2 Å². The van der Waals surface area contributed by atoms with Gasteiger partial charge in [-0.1, -0.05) is 11.2 Å². The van der Waals surface area contributed by atoms with E-state index in [1.54, 1.807) is 6.92 Å². The number of benzene rings is 1. The van der Waals surface area contributed by atoms with E-state index < -0.39 is 0 Å². The van der Waals surface area contributed by atoms with Crippen LogP contribution < -0.4 is 20.5 Å². The Morgan fingerprint density at radius 1 is 1.24 bits per heavy atom. The van der Waals surface area contributed by atoms with Crippen LogP contribution in [-0.2, 0) is 6.42 Å². The Hall–Kier alpha value is -2.28. The molecule has 1 aliphatic heterocycles. The van der Waals surface area contributed by atoms with Crippen LogP contribution in [0.3, 0.4) is 0 Å². The fraction of sp³-hybridized carbons (Fsp3) is 0.429. The van der Waals surface area contributed by atoms with Gasteiger partial charge in [0.15, 0.2) is 11.5 Å². The molecule has 21 heavy (non-hydrogen) atoms. The lowest BCUT2D eigenvalue weighted by atomic mass is 10.1. The van der Waals surface area contributed by atoms with Crippen LogP contribution in [0.5, 0.6) is 11.5 Å². The van der Waals surface area contributed by atoms with Crippen molar-refractivity contribution in [1.29, 1.82) is 0 Å². The molecule has 0 spiro atoms. The third-order valence-electron chi connectivity index (χ3n) is 3.13. The smallest absolute Gasteiger partial charge is 0.315 e. The standard InChI is InChI=1S/C14H18N4O3/c1-9(15)13-17-18-14(21-13)16-5-4-10-2-3-11-12(8-10)20-7-6-19-11/h2-3,8-9H,4-7,15H2,1H3,(H,16,18). The molecule has 3 rings (SSSR count). The highest BCUT2D eigenvalue weighted by molar-refractivity contribution is 5.44. The Labute approximate surface area is 122 Å². The molecule has 0 bridgehead atoms. The zero-order chi connectivity index (χ0) is 14.7. The van der Waals surface area contributed by atoms with Crippen molar-refractivity contribution in [2.24, 2.45) is 5.73 Å². The minimum absolute atomic E-state index is 0.258. The molecule has 2 heterocycles. The van der Waals surface area contributed by atoms with Crippen LogP contribution in [0.1, 0.15) is 24.4 Å². The van der Waals surface area contributed by atoms with Crippen LogP contribution in [0.2, 0.25) is 0 Å². The third kappa shape index (κ3) is 3.25. The van der Waals surface area contributed by atoms with Crippen LogP contribution in [-0.4, -0.2) is 30.0 Å². The molecule has 112 valence electrons. The molecule has 7 nitrogen and oxygen atoms in total. The molecule has 2 aromatic rings. The fourth-order valence-corrected chi connectivity index (χ4v) is 2.05. The number of nitrogens with two attached hydrogens (primary N) is 1. The molecule has 1 atom stereocenters. The Balaban J connectivity index is 1.55. The lowest BCUT2D eigenvalue weighted by molar-refractivity contribution is 0.171. The predicted molar refractivity (Wildman–Crippen MR) is 76.5 cm³/mol. The number of hydrogen-bond donors (Lipinski definition) is 2. The number of nitrogens with zero attached hydrogens (tertiary/aromatic N) is 2. The van der Waals surface area contributed by atoms with Gasteiger partial charge in [-0.2, -0.15) is 0 Å². The number of aromatic nitrogens is 2. The molecule has 0 fully saturated rings. The maximum Gasteiger partial charge on any atom is 0.315 e. The number of ether oxygens (including phenoxy) is 2. The fourth-order valence-electron chi connectivity index (χ4n) is 2.05. The second kappa shape index (κ2) is 6.01. The molecule has 0 saturated carbocycles. The average Bonchev–Trinajstić information content (AvgIpc) is 2.96. The molecule has 1 aliphatic rings. The average molecular weight is 290 g/mol. The van der Waals surface area contributed by atoms with Crippen molar-refractivity contribution >= 4 is 6.01 Å². The SMILES string of the molecule is CC(N)c1nnc(NCCc2ccc3c(c2)OCCO3)o1. The molecule has 0 aliphatic carbocycles. The van der Waals surface area contributed by atoms with Crippen molar-refractivity contribution in [3.63, 3.8) is 0 Å². The van der Waals surface area contributed by atoms with Gasteiger partial charge in [-0.15, -0.1) is 5.10 Å². The van der Waals surface area contributed by atoms with Crippen LogP contribution >= 0.6 is 0 Å². The van der Waals surface area contributed by atoms with E-state index in [9.17, 15) is 0 Å². The van der Waals surface area contributed by atoms with Gasteiger partial charge in [0.25, 0.3) is 0 Å². The molecule has 3 N–H and O–H groups in total. The first-order valence-electron chi connectivity index (χ1n) is 6.94. The molecule has 0 saturated heterocycles. The van der Waals surface area contributed by atoms with Gasteiger partial charge in [0.2, 0.25) is 5.89 Å². The van der Waals surface area contributed by atoms with Gasteiger partial charge < -0.3 is 24.9 Å². The molecule has 7 heteroatoms. The van der Waals surface area contributed by atoms with E-state index in [0.29, 0.717) is 31.7 Å². The van der Waals surface area contributed by atoms with Gasteiger partial charge >= 0.3 is 6.01 Å². The van der Waals surface area contributed by atoms with E-state index in [0.717, 1.165) is 23.5 Å². The third-order valence-corrected chi connectivity index (χ3v) is 3.13. The Kier molecular flexibility index (Phi) is 3.92. The highest BCUT2D eigenvalue weighted by Crippen LogP contribution is 2.30. The van der Waals surface area contributed by atoms with E-state index in [-0.39, 0.29) is 6.04 Å². The maximum absolute atomic E-state index is 5.66. The highest BCUT2D eigenvalue weighted by atomic mass is 16.6. The minimum Gasteiger partial charge on any atom is -0.486 e. The molecule has 0 radical (unpaired) electrons. The van der Waals surface area contributed by atoms with E-state index in [2.05, 4.69) is 15.5 Å². The van der Waals surface area contributed by atoms with Gasteiger partial charge in [0, 0.05) is 6.54 Å². The lowest BCUT2D eigenvalue weighted by Crippen LogP contribution is -2.15.